The predicted octanol–water partition coefficient (Wildman–Crippen LogP) is 3.80. The van der Waals surface area contributed by atoms with E-state index in [2.05, 4.69) is 12.2 Å². The molecule has 22 heavy (non-hydrogen) atoms. The number of amides is 1. The minimum atomic E-state index is -0.404. The van der Waals surface area contributed by atoms with Gasteiger partial charge in [-0.15, -0.1) is 0 Å². The van der Waals surface area contributed by atoms with Crippen LogP contribution in [0.2, 0.25) is 0 Å². The summed E-state index contributed by atoms with van der Waals surface area (Å²) in [5, 5.41) is 3.72. The maximum absolute atomic E-state index is 12.2. The van der Waals surface area contributed by atoms with Crippen LogP contribution >= 0.6 is 0 Å². The Labute approximate surface area is 136 Å². The Morgan fingerprint density at radius 2 is 1.91 bits per heavy atom. The average Bonchev–Trinajstić information content (AvgIpc) is 2.97. The Hall–Kier alpha value is -0.770. The van der Waals surface area contributed by atoms with Gasteiger partial charge in [0, 0.05) is 19.1 Å². The number of carbonyl (C=O) groups excluding carboxylic acids is 1. The third kappa shape index (κ3) is 5.45. The Kier molecular flexibility index (Phi) is 6.13. The topological polar surface area (TPSA) is 41.6 Å². The van der Waals surface area contributed by atoms with E-state index in [-0.39, 0.29) is 6.09 Å². The van der Waals surface area contributed by atoms with Crippen LogP contribution in [-0.4, -0.2) is 42.3 Å². The molecule has 0 aromatic heterocycles. The van der Waals surface area contributed by atoms with Gasteiger partial charge in [-0.25, -0.2) is 4.79 Å². The van der Waals surface area contributed by atoms with Crippen molar-refractivity contribution in [3.63, 3.8) is 0 Å². The Morgan fingerprint density at radius 1 is 1.23 bits per heavy atom. The molecule has 2 aliphatic rings. The van der Waals surface area contributed by atoms with Crippen molar-refractivity contribution >= 4 is 6.09 Å². The average molecular weight is 310 g/mol. The third-order valence-electron chi connectivity index (χ3n) is 5.01. The van der Waals surface area contributed by atoms with E-state index in [4.69, 9.17) is 4.74 Å². The molecule has 1 aliphatic carbocycles. The second-order valence-corrected chi connectivity index (χ2v) is 8.18. The Bertz CT molecular complexity index is 359. The lowest BCUT2D eigenvalue weighted by Gasteiger charge is -2.35. The summed E-state index contributed by atoms with van der Waals surface area (Å²) in [6.07, 6.45) is 7.69. The van der Waals surface area contributed by atoms with Gasteiger partial charge in [0.1, 0.15) is 5.60 Å². The van der Waals surface area contributed by atoms with Gasteiger partial charge in [0.05, 0.1) is 0 Å². The largest absolute Gasteiger partial charge is 0.444 e. The molecule has 0 radical (unpaired) electrons. The molecule has 1 amide bonds. The lowest BCUT2D eigenvalue weighted by molar-refractivity contribution is 0.0165. The first-order valence-electron chi connectivity index (χ1n) is 9.06. The van der Waals surface area contributed by atoms with Crippen molar-refractivity contribution < 1.29 is 9.53 Å². The molecule has 1 unspecified atom stereocenters. The molecule has 0 bridgehead atoms. The zero-order valence-electron chi connectivity index (χ0n) is 14.9. The van der Waals surface area contributed by atoms with Crippen molar-refractivity contribution in [1.29, 1.82) is 0 Å². The van der Waals surface area contributed by atoms with E-state index in [0.29, 0.717) is 12.0 Å². The fraction of sp³-hybridized carbons (Fsp3) is 0.944. The molecule has 0 aromatic rings. The van der Waals surface area contributed by atoms with Crippen LogP contribution in [0.25, 0.3) is 0 Å². The molecule has 1 N–H and O–H groups in total. The summed E-state index contributed by atoms with van der Waals surface area (Å²) in [6, 6.07) is 0.611. The molecule has 128 valence electrons. The van der Waals surface area contributed by atoms with Gasteiger partial charge in [0.2, 0.25) is 0 Å². The summed E-state index contributed by atoms with van der Waals surface area (Å²) >= 11 is 0. The normalized spacial score (nSPS) is 25.3. The van der Waals surface area contributed by atoms with Crippen LogP contribution in [0.5, 0.6) is 0 Å². The van der Waals surface area contributed by atoms with Gasteiger partial charge in [-0.1, -0.05) is 12.8 Å². The van der Waals surface area contributed by atoms with Crippen LogP contribution in [0.15, 0.2) is 0 Å². The van der Waals surface area contributed by atoms with E-state index in [9.17, 15) is 4.79 Å². The van der Waals surface area contributed by atoms with Crippen LogP contribution in [0.3, 0.4) is 0 Å². The maximum Gasteiger partial charge on any atom is 0.410 e. The van der Waals surface area contributed by atoms with Crippen molar-refractivity contribution in [3.8, 4) is 0 Å². The zero-order chi connectivity index (χ0) is 16.2. The smallest absolute Gasteiger partial charge is 0.410 e. The monoisotopic (exact) mass is 310 g/mol. The zero-order valence-corrected chi connectivity index (χ0v) is 14.9. The van der Waals surface area contributed by atoms with Gasteiger partial charge < -0.3 is 15.0 Å². The van der Waals surface area contributed by atoms with E-state index in [1.807, 2.05) is 25.7 Å². The SMILES string of the molecule is C[C@@H](NCC1CCCN(C(=O)OC(C)(C)C)C1)C1CCCC1. The van der Waals surface area contributed by atoms with E-state index in [1.54, 1.807) is 0 Å². The molecule has 2 atom stereocenters. The Balaban J connectivity index is 1.74. The fourth-order valence-electron chi connectivity index (χ4n) is 3.70. The molecular formula is C18H34N2O2. The van der Waals surface area contributed by atoms with E-state index >= 15 is 0 Å². The summed E-state index contributed by atoms with van der Waals surface area (Å²) in [5.74, 6) is 1.41. The molecular weight excluding hydrogens is 276 g/mol. The van der Waals surface area contributed by atoms with Gasteiger partial charge in [0.15, 0.2) is 0 Å². The van der Waals surface area contributed by atoms with Crippen LogP contribution in [0.4, 0.5) is 4.79 Å². The number of likely N-dealkylation sites (tertiary alicyclic amines) is 1. The number of hydrogen-bond acceptors (Lipinski definition) is 3. The minimum absolute atomic E-state index is 0.152. The highest BCUT2D eigenvalue weighted by Gasteiger charge is 2.28. The molecule has 1 heterocycles. The molecule has 4 nitrogen and oxygen atoms in total. The summed E-state index contributed by atoms with van der Waals surface area (Å²) in [5.41, 5.74) is -0.404. The van der Waals surface area contributed by atoms with Gasteiger partial charge in [-0.3, -0.25) is 0 Å². The highest BCUT2D eigenvalue weighted by molar-refractivity contribution is 5.68. The van der Waals surface area contributed by atoms with Crippen molar-refractivity contribution in [2.24, 2.45) is 11.8 Å². The van der Waals surface area contributed by atoms with E-state index in [1.165, 1.54) is 32.1 Å². The minimum Gasteiger partial charge on any atom is -0.444 e. The molecule has 0 aromatic carbocycles. The lowest BCUT2D eigenvalue weighted by atomic mass is 9.95. The number of piperidine rings is 1. The summed E-state index contributed by atoms with van der Waals surface area (Å²) in [6.45, 7) is 10.8. The van der Waals surface area contributed by atoms with E-state index in [0.717, 1.165) is 32.0 Å². The lowest BCUT2D eigenvalue weighted by Crippen LogP contribution is -2.46. The molecule has 1 saturated carbocycles. The molecule has 4 heteroatoms. The number of rotatable bonds is 4. The van der Waals surface area contributed by atoms with Gasteiger partial charge in [-0.05, 0) is 71.8 Å². The van der Waals surface area contributed by atoms with Crippen molar-refractivity contribution in [3.05, 3.63) is 0 Å². The maximum atomic E-state index is 12.2. The highest BCUT2D eigenvalue weighted by atomic mass is 16.6. The van der Waals surface area contributed by atoms with Crippen LogP contribution in [-0.2, 0) is 4.74 Å². The first-order valence-corrected chi connectivity index (χ1v) is 9.06. The first kappa shape index (κ1) is 17.6. The second-order valence-electron chi connectivity index (χ2n) is 8.18. The van der Waals surface area contributed by atoms with Gasteiger partial charge in [0.25, 0.3) is 0 Å². The summed E-state index contributed by atoms with van der Waals surface area (Å²) < 4.78 is 5.50. The molecule has 0 spiro atoms. The molecule has 1 aliphatic heterocycles. The van der Waals surface area contributed by atoms with Crippen molar-refractivity contribution in [2.45, 2.75) is 77.9 Å². The molecule has 2 rings (SSSR count). The van der Waals surface area contributed by atoms with Gasteiger partial charge >= 0.3 is 6.09 Å². The quantitative estimate of drug-likeness (QED) is 0.858. The standard InChI is InChI=1S/C18H34N2O2/c1-14(16-9-5-6-10-16)19-12-15-8-7-11-20(13-15)17(21)22-18(2,3)4/h14-16,19H,5-13H2,1-4H3/t14-,15?/m1/s1. The van der Waals surface area contributed by atoms with Crippen LogP contribution in [0.1, 0.15) is 66.2 Å². The van der Waals surface area contributed by atoms with Crippen molar-refractivity contribution in [1.82, 2.24) is 10.2 Å². The van der Waals surface area contributed by atoms with Gasteiger partial charge in [-0.2, -0.15) is 0 Å². The highest BCUT2D eigenvalue weighted by Crippen LogP contribution is 2.28. The first-order chi connectivity index (χ1) is 10.3. The third-order valence-corrected chi connectivity index (χ3v) is 5.01. The van der Waals surface area contributed by atoms with E-state index < -0.39 is 5.60 Å². The molecule has 1 saturated heterocycles. The number of nitrogens with zero attached hydrogens (tertiary/aromatic N) is 1. The molecule has 2 fully saturated rings. The number of carbonyl (C=O) groups is 1. The Morgan fingerprint density at radius 3 is 2.55 bits per heavy atom. The second kappa shape index (κ2) is 7.67. The van der Waals surface area contributed by atoms with Crippen LogP contribution < -0.4 is 5.32 Å². The van der Waals surface area contributed by atoms with Crippen LogP contribution in [0, 0.1) is 11.8 Å². The fourth-order valence-corrected chi connectivity index (χ4v) is 3.70. The summed E-state index contributed by atoms with van der Waals surface area (Å²) in [7, 11) is 0. The summed E-state index contributed by atoms with van der Waals surface area (Å²) in [4.78, 5) is 14.1. The number of ether oxygens (including phenoxy) is 1. The van der Waals surface area contributed by atoms with Crippen molar-refractivity contribution in [2.75, 3.05) is 19.6 Å². The predicted molar refractivity (Wildman–Crippen MR) is 90.0 cm³/mol. The number of hydrogen-bond donors (Lipinski definition) is 1. The number of nitrogens with one attached hydrogen (secondary N) is 1.